The standard InChI is InChI=1S/C27H21ClF3N3/c1-26(2,3)34-23-11-7-6-10-22(23)33-25(34)20-13-12-19(17-8-4-5-9-18(17)20)24-21(28)14-16(15-32-24)27(29,30)31/h4-15H,1-3H3. The van der Waals surface area contributed by atoms with Gasteiger partial charge in [-0.15, -0.1) is 0 Å². The number of halogens is 4. The first-order valence-electron chi connectivity index (χ1n) is 10.8. The first-order chi connectivity index (χ1) is 16.1. The fourth-order valence-corrected chi connectivity index (χ4v) is 4.65. The van der Waals surface area contributed by atoms with Gasteiger partial charge in [0.05, 0.1) is 27.3 Å². The predicted octanol–water partition coefficient (Wildman–Crippen LogP) is 8.35. The van der Waals surface area contributed by atoms with Crippen LogP contribution in [0.2, 0.25) is 5.02 Å². The minimum Gasteiger partial charge on any atom is -0.319 e. The summed E-state index contributed by atoms with van der Waals surface area (Å²) >= 11 is 6.29. The van der Waals surface area contributed by atoms with Gasteiger partial charge < -0.3 is 4.57 Å². The van der Waals surface area contributed by atoms with Crippen LogP contribution in [0.5, 0.6) is 0 Å². The molecule has 0 bridgehead atoms. The number of aromatic nitrogens is 3. The molecule has 0 aliphatic carbocycles. The van der Waals surface area contributed by atoms with Crippen LogP contribution in [0.1, 0.15) is 26.3 Å². The maximum Gasteiger partial charge on any atom is 0.417 e. The van der Waals surface area contributed by atoms with Crippen LogP contribution < -0.4 is 0 Å². The average molecular weight is 480 g/mol. The number of imidazole rings is 1. The molecule has 0 aliphatic heterocycles. The lowest BCUT2D eigenvalue weighted by Crippen LogP contribution is -2.22. The van der Waals surface area contributed by atoms with Gasteiger partial charge in [0.1, 0.15) is 5.82 Å². The summed E-state index contributed by atoms with van der Waals surface area (Å²) in [7, 11) is 0. The third kappa shape index (κ3) is 3.72. The van der Waals surface area contributed by atoms with Gasteiger partial charge in [-0.3, -0.25) is 4.98 Å². The lowest BCUT2D eigenvalue weighted by molar-refractivity contribution is -0.137. The number of hydrogen-bond donors (Lipinski definition) is 0. The SMILES string of the molecule is CC(C)(C)n1c(-c2ccc(-c3ncc(C(F)(F)F)cc3Cl)c3ccccc23)nc2ccccc21. The Labute approximate surface area is 199 Å². The highest BCUT2D eigenvalue weighted by Crippen LogP contribution is 2.40. The minimum absolute atomic E-state index is 0.0466. The molecule has 5 rings (SSSR count). The highest BCUT2D eigenvalue weighted by atomic mass is 35.5. The highest BCUT2D eigenvalue weighted by Gasteiger charge is 2.32. The summed E-state index contributed by atoms with van der Waals surface area (Å²) in [5, 5.41) is 1.70. The van der Waals surface area contributed by atoms with Crippen molar-refractivity contribution in [1.82, 2.24) is 14.5 Å². The molecule has 0 saturated carbocycles. The van der Waals surface area contributed by atoms with Crippen LogP contribution in [-0.2, 0) is 11.7 Å². The third-order valence-electron chi connectivity index (χ3n) is 5.82. The second kappa shape index (κ2) is 7.84. The Kier molecular flexibility index (Phi) is 5.17. The molecule has 0 aliphatic rings. The molecular weight excluding hydrogens is 459 g/mol. The normalized spacial score (nSPS) is 12.6. The number of rotatable bonds is 2. The number of para-hydroxylation sites is 2. The Bertz CT molecular complexity index is 1550. The second-order valence-electron chi connectivity index (χ2n) is 9.19. The molecule has 0 fully saturated rings. The van der Waals surface area contributed by atoms with E-state index in [0.717, 1.165) is 45.5 Å². The van der Waals surface area contributed by atoms with E-state index in [1.165, 1.54) is 0 Å². The molecule has 3 aromatic carbocycles. The summed E-state index contributed by atoms with van der Waals surface area (Å²) in [5.74, 6) is 0.822. The lowest BCUT2D eigenvalue weighted by Gasteiger charge is -2.25. The van der Waals surface area contributed by atoms with Gasteiger partial charge >= 0.3 is 6.18 Å². The van der Waals surface area contributed by atoms with E-state index in [2.05, 4.69) is 36.4 Å². The number of nitrogens with zero attached hydrogens (tertiary/aromatic N) is 3. The number of alkyl halides is 3. The van der Waals surface area contributed by atoms with Gasteiger partial charge in [0.15, 0.2) is 0 Å². The molecule has 7 heteroatoms. The Balaban J connectivity index is 1.77. The van der Waals surface area contributed by atoms with Crippen LogP contribution in [-0.4, -0.2) is 14.5 Å². The Morgan fingerprint density at radius 2 is 1.44 bits per heavy atom. The Morgan fingerprint density at radius 1 is 0.824 bits per heavy atom. The van der Waals surface area contributed by atoms with Gasteiger partial charge in [0.25, 0.3) is 0 Å². The summed E-state index contributed by atoms with van der Waals surface area (Å²) in [6.45, 7) is 6.40. The average Bonchev–Trinajstić information content (AvgIpc) is 3.18. The molecule has 2 heterocycles. The van der Waals surface area contributed by atoms with E-state index in [9.17, 15) is 13.2 Å². The quantitative estimate of drug-likeness (QED) is 0.255. The number of pyridine rings is 1. The topological polar surface area (TPSA) is 30.7 Å². The van der Waals surface area contributed by atoms with Crippen molar-refractivity contribution in [3.8, 4) is 22.6 Å². The van der Waals surface area contributed by atoms with Crippen LogP contribution in [0.4, 0.5) is 13.2 Å². The van der Waals surface area contributed by atoms with Gasteiger partial charge in [0.2, 0.25) is 0 Å². The van der Waals surface area contributed by atoms with E-state index in [1.807, 2.05) is 54.6 Å². The predicted molar refractivity (Wildman–Crippen MR) is 131 cm³/mol. The van der Waals surface area contributed by atoms with Crippen molar-refractivity contribution in [1.29, 1.82) is 0 Å². The smallest absolute Gasteiger partial charge is 0.319 e. The molecular formula is C27H21ClF3N3. The molecule has 0 saturated heterocycles. The van der Waals surface area contributed by atoms with E-state index in [0.29, 0.717) is 11.3 Å². The van der Waals surface area contributed by atoms with Gasteiger partial charge in [-0.25, -0.2) is 4.98 Å². The van der Waals surface area contributed by atoms with Gasteiger partial charge in [0, 0.05) is 22.9 Å². The van der Waals surface area contributed by atoms with Crippen LogP contribution in [0.15, 0.2) is 72.9 Å². The van der Waals surface area contributed by atoms with E-state index < -0.39 is 11.7 Å². The van der Waals surface area contributed by atoms with Crippen molar-refractivity contribution in [3.05, 3.63) is 83.5 Å². The zero-order chi connectivity index (χ0) is 24.3. The molecule has 3 nitrogen and oxygen atoms in total. The molecule has 172 valence electrons. The van der Waals surface area contributed by atoms with Crippen LogP contribution in [0.3, 0.4) is 0 Å². The minimum atomic E-state index is -4.51. The van der Waals surface area contributed by atoms with Crippen LogP contribution >= 0.6 is 11.6 Å². The van der Waals surface area contributed by atoms with E-state index in [1.54, 1.807) is 0 Å². The van der Waals surface area contributed by atoms with Gasteiger partial charge in [-0.2, -0.15) is 13.2 Å². The molecule has 34 heavy (non-hydrogen) atoms. The summed E-state index contributed by atoms with van der Waals surface area (Å²) in [4.78, 5) is 9.04. The molecule has 0 spiro atoms. The van der Waals surface area contributed by atoms with Crippen LogP contribution in [0.25, 0.3) is 44.5 Å². The third-order valence-corrected chi connectivity index (χ3v) is 6.11. The summed E-state index contributed by atoms with van der Waals surface area (Å²) in [5.41, 5.74) is 2.72. The maximum atomic E-state index is 13.1. The first-order valence-corrected chi connectivity index (χ1v) is 11.2. The second-order valence-corrected chi connectivity index (χ2v) is 9.60. The van der Waals surface area contributed by atoms with Crippen LogP contribution in [0, 0.1) is 0 Å². The van der Waals surface area contributed by atoms with Crippen molar-refractivity contribution >= 4 is 33.4 Å². The number of fused-ring (bicyclic) bond motifs is 2. The summed E-state index contributed by atoms with van der Waals surface area (Å²) < 4.78 is 41.5. The molecule has 0 atom stereocenters. The monoisotopic (exact) mass is 479 g/mol. The van der Waals surface area contributed by atoms with Crippen molar-refractivity contribution in [3.63, 3.8) is 0 Å². The van der Waals surface area contributed by atoms with E-state index >= 15 is 0 Å². The number of benzene rings is 3. The lowest BCUT2D eigenvalue weighted by atomic mass is 9.96. The van der Waals surface area contributed by atoms with Gasteiger partial charge in [-0.1, -0.05) is 54.1 Å². The van der Waals surface area contributed by atoms with Crippen molar-refractivity contribution < 1.29 is 13.2 Å². The van der Waals surface area contributed by atoms with E-state index in [4.69, 9.17) is 16.6 Å². The molecule has 5 aromatic rings. The largest absolute Gasteiger partial charge is 0.417 e. The molecule has 0 amide bonds. The zero-order valence-corrected chi connectivity index (χ0v) is 19.5. The maximum absolute atomic E-state index is 13.1. The summed E-state index contributed by atoms with van der Waals surface area (Å²) in [6, 6.07) is 20.5. The Morgan fingerprint density at radius 3 is 2.09 bits per heavy atom. The molecule has 0 N–H and O–H groups in total. The fourth-order valence-electron chi connectivity index (χ4n) is 4.38. The Hall–Kier alpha value is -3.38. The highest BCUT2D eigenvalue weighted by molar-refractivity contribution is 6.33. The molecule has 0 radical (unpaired) electrons. The van der Waals surface area contributed by atoms with E-state index in [-0.39, 0.29) is 10.6 Å². The zero-order valence-electron chi connectivity index (χ0n) is 18.8. The first kappa shape index (κ1) is 22.4. The number of hydrogen-bond acceptors (Lipinski definition) is 2. The van der Waals surface area contributed by atoms with Crippen molar-refractivity contribution in [2.24, 2.45) is 0 Å². The fraction of sp³-hybridized carbons (Fsp3) is 0.185. The van der Waals surface area contributed by atoms with Gasteiger partial charge in [-0.05, 0) is 55.8 Å². The van der Waals surface area contributed by atoms with Crippen molar-refractivity contribution in [2.45, 2.75) is 32.5 Å². The molecule has 0 unspecified atom stereocenters. The van der Waals surface area contributed by atoms with Crippen molar-refractivity contribution in [2.75, 3.05) is 0 Å². The molecule has 2 aromatic heterocycles. The summed E-state index contributed by atoms with van der Waals surface area (Å²) in [6.07, 6.45) is -3.68.